The van der Waals surface area contributed by atoms with Crippen LogP contribution in [0.3, 0.4) is 0 Å². The van der Waals surface area contributed by atoms with Gasteiger partial charge in [-0.15, -0.1) is 0 Å². The number of aliphatic carboxylic acids is 1. The van der Waals surface area contributed by atoms with Gasteiger partial charge in [-0.05, 0) is 24.1 Å². The molecule has 0 aliphatic rings. The molecule has 0 aliphatic carbocycles. The van der Waals surface area contributed by atoms with Crippen molar-refractivity contribution in [1.82, 2.24) is 0 Å². The number of carbonyl (C=O) groups is 1. The highest BCUT2D eigenvalue weighted by molar-refractivity contribution is 5.67. The third-order valence-electron chi connectivity index (χ3n) is 1.97. The highest BCUT2D eigenvalue weighted by atomic mass is 19.4. The maximum atomic E-state index is 13.0. The molecule has 0 aliphatic heterocycles. The number of alkyl halides is 3. The van der Waals surface area contributed by atoms with Crippen LogP contribution in [0.4, 0.5) is 17.6 Å². The molecular formula is C10H8F4O2. The minimum absolute atomic E-state index is 0.00436. The lowest BCUT2D eigenvalue weighted by Crippen LogP contribution is -2.08. The maximum Gasteiger partial charge on any atom is 0.419 e. The average molecular weight is 236 g/mol. The van der Waals surface area contributed by atoms with Crippen molar-refractivity contribution in [3.05, 3.63) is 35.1 Å². The largest absolute Gasteiger partial charge is 0.481 e. The van der Waals surface area contributed by atoms with E-state index >= 15 is 0 Å². The molecule has 0 unspecified atom stereocenters. The zero-order valence-electron chi connectivity index (χ0n) is 8.01. The molecule has 1 aromatic carbocycles. The second-order valence-electron chi connectivity index (χ2n) is 3.21. The topological polar surface area (TPSA) is 37.3 Å². The molecule has 1 rings (SSSR count). The van der Waals surface area contributed by atoms with Crippen molar-refractivity contribution in [3.63, 3.8) is 0 Å². The molecule has 0 heterocycles. The first-order chi connectivity index (χ1) is 7.30. The number of carboxylic acid groups (broad SMARTS) is 1. The third-order valence-corrected chi connectivity index (χ3v) is 1.97. The molecule has 0 spiro atoms. The van der Waals surface area contributed by atoms with Crippen LogP contribution in [0.15, 0.2) is 18.2 Å². The average Bonchev–Trinajstić information content (AvgIpc) is 2.12. The molecule has 16 heavy (non-hydrogen) atoms. The Morgan fingerprint density at radius 1 is 1.31 bits per heavy atom. The number of halogens is 4. The second-order valence-corrected chi connectivity index (χ2v) is 3.21. The molecule has 0 saturated heterocycles. The molecule has 0 radical (unpaired) electrons. The van der Waals surface area contributed by atoms with E-state index < -0.39 is 23.5 Å². The van der Waals surface area contributed by atoms with E-state index in [1.165, 1.54) is 0 Å². The van der Waals surface area contributed by atoms with Gasteiger partial charge in [0.2, 0.25) is 0 Å². The Morgan fingerprint density at radius 2 is 1.94 bits per heavy atom. The van der Waals surface area contributed by atoms with Crippen LogP contribution in [0.1, 0.15) is 17.5 Å². The number of aryl methyl sites for hydroxylation is 1. The molecule has 2 nitrogen and oxygen atoms in total. The molecule has 0 atom stereocenters. The van der Waals surface area contributed by atoms with Crippen LogP contribution in [-0.4, -0.2) is 11.1 Å². The van der Waals surface area contributed by atoms with Gasteiger partial charge < -0.3 is 5.11 Å². The smallest absolute Gasteiger partial charge is 0.419 e. The number of benzene rings is 1. The van der Waals surface area contributed by atoms with E-state index in [0.29, 0.717) is 12.1 Å². The third kappa shape index (κ3) is 3.22. The van der Waals surface area contributed by atoms with Crippen LogP contribution >= 0.6 is 0 Å². The van der Waals surface area contributed by atoms with Gasteiger partial charge in [0.15, 0.2) is 0 Å². The highest BCUT2D eigenvalue weighted by Gasteiger charge is 2.33. The fraction of sp³-hybridized carbons (Fsp3) is 0.300. The molecule has 0 saturated carbocycles. The monoisotopic (exact) mass is 236 g/mol. The summed E-state index contributed by atoms with van der Waals surface area (Å²) in [4.78, 5) is 10.2. The molecule has 0 amide bonds. The summed E-state index contributed by atoms with van der Waals surface area (Å²) >= 11 is 0. The minimum Gasteiger partial charge on any atom is -0.481 e. The first kappa shape index (κ1) is 12.5. The van der Waals surface area contributed by atoms with Crippen LogP contribution in [0.2, 0.25) is 0 Å². The van der Waals surface area contributed by atoms with E-state index in [0.717, 1.165) is 6.07 Å². The number of hydrogen-bond donors (Lipinski definition) is 1. The van der Waals surface area contributed by atoms with Crippen LogP contribution < -0.4 is 0 Å². The second kappa shape index (κ2) is 4.51. The molecule has 0 bridgehead atoms. The Morgan fingerprint density at radius 3 is 2.38 bits per heavy atom. The molecule has 1 N–H and O–H groups in total. The van der Waals surface area contributed by atoms with E-state index in [2.05, 4.69) is 0 Å². The SMILES string of the molecule is O=C(O)CCc1ccc(C(F)(F)F)c(F)c1. The molecule has 1 aromatic rings. The van der Waals surface area contributed by atoms with Crippen molar-refractivity contribution in [3.8, 4) is 0 Å². The standard InChI is InChI=1S/C10H8F4O2/c11-8-5-6(2-4-9(15)16)1-3-7(8)10(12,13)14/h1,3,5H,2,4H2,(H,15,16). The van der Waals surface area contributed by atoms with E-state index in [1.807, 2.05) is 0 Å². The summed E-state index contributed by atoms with van der Waals surface area (Å²) in [7, 11) is 0. The predicted octanol–water partition coefficient (Wildman–Crippen LogP) is 2.86. The zero-order valence-corrected chi connectivity index (χ0v) is 8.01. The lowest BCUT2D eigenvalue weighted by molar-refractivity contribution is -0.140. The maximum absolute atomic E-state index is 13.0. The van der Waals surface area contributed by atoms with Gasteiger partial charge in [0.25, 0.3) is 0 Å². The van der Waals surface area contributed by atoms with E-state index in [9.17, 15) is 22.4 Å². The fourth-order valence-corrected chi connectivity index (χ4v) is 1.20. The predicted molar refractivity (Wildman–Crippen MR) is 47.4 cm³/mol. The Bertz CT molecular complexity index is 398. The van der Waals surface area contributed by atoms with Gasteiger partial charge >= 0.3 is 12.1 Å². The van der Waals surface area contributed by atoms with Gasteiger partial charge in [0, 0.05) is 6.42 Å². The van der Waals surface area contributed by atoms with Crippen molar-refractivity contribution in [2.45, 2.75) is 19.0 Å². The van der Waals surface area contributed by atoms with Crippen molar-refractivity contribution < 1.29 is 27.5 Å². The van der Waals surface area contributed by atoms with Crippen molar-refractivity contribution in [2.75, 3.05) is 0 Å². The quantitative estimate of drug-likeness (QED) is 0.819. The Balaban J connectivity index is 2.87. The number of carboxylic acids is 1. The van der Waals surface area contributed by atoms with E-state index in [4.69, 9.17) is 5.11 Å². The Kier molecular flexibility index (Phi) is 3.51. The summed E-state index contributed by atoms with van der Waals surface area (Å²) < 4.78 is 49.5. The molecule has 0 aromatic heterocycles. The van der Waals surface area contributed by atoms with Crippen molar-refractivity contribution in [1.29, 1.82) is 0 Å². The van der Waals surface area contributed by atoms with Crippen LogP contribution in [0.5, 0.6) is 0 Å². The summed E-state index contributed by atoms with van der Waals surface area (Å²) in [5.74, 6) is -2.46. The number of hydrogen-bond acceptors (Lipinski definition) is 1. The van der Waals surface area contributed by atoms with Crippen molar-refractivity contribution in [2.24, 2.45) is 0 Å². The fourth-order valence-electron chi connectivity index (χ4n) is 1.20. The molecule has 88 valence electrons. The summed E-state index contributed by atoms with van der Waals surface area (Å²) in [6.07, 6.45) is -4.97. The van der Waals surface area contributed by atoms with Gasteiger partial charge in [0.1, 0.15) is 5.82 Å². The van der Waals surface area contributed by atoms with Gasteiger partial charge in [-0.3, -0.25) is 4.79 Å². The number of rotatable bonds is 3. The lowest BCUT2D eigenvalue weighted by Gasteiger charge is -2.08. The molecule has 6 heteroatoms. The minimum atomic E-state index is -4.73. The van der Waals surface area contributed by atoms with Gasteiger partial charge in [0.05, 0.1) is 5.56 Å². The summed E-state index contributed by atoms with van der Waals surface area (Å²) in [5.41, 5.74) is -1.11. The first-order valence-electron chi connectivity index (χ1n) is 4.38. The Labute approximate surface area is 88.5 Å². The van der Waals surface area contributed by atoms with E-state index in [-0.39, 0.29) is 18.4 Å². The van der Waals surface area contributed by atoms with Crippen molar-refractivity contribution >= 4 is 5.97 Å². The molecule has 0 fully saturated rings. The van der Waals surface area contributed by atoms with Crippen LogP contribution in [-0.2, 0) is 17.4 Å². The first-order valence-corrected chi connectivity index (χ1v) is 4.38. The van der Waals surface area contributed by atoms with Gasteiger partial charge in [-0.25, -0.2) is 4.39 Å². The summed E-state index contributed by atoms with van der Waals surface area (Å²) in [6.45, 7) is 0. The lowest BCUT2D eigenvalue weighted by atomic mass is 10.1. The van der Waals surface area contributed by atoms with Crippen LogP contribution in [0, 0.1) is 5.82 Å². The zero-order chi connectivity index (χ0) is 12.3. The van der Waals surface area contributed by atoms with E-state index in [1.54, 1.807) is 0 Å². The molecular weight excluding hydrogens is 228 g/mol. The van der Waals surface area contributed by atoms with Gasteiger partial charge in [-0.1, -0.05) is 6.07 Å². The van der Waals surface area contributed by atoms with Gasteiger partial charge in [-0.2, -0.15) is 13.2 Å². The normalized spacial score (nSPS) is 11.5. The summed E-state index contributed by atoms with van der Waals surface area (Å²) in [5, 5.41) is 8.35. The van der Waals surface area contributed by atoms with Crippen LogP contribution in [0.25, 0.3) is 0 Å². The summed E-state index contributed by atoms with van der Waals surface area (Å²) in [6, 6.07) is 2.41. The Hall–Kier alpha value is -1.59. The highest BCUT2D eigenvalue weighted by Crippen LogP contribution is 2.31.